The van der Waals surface area contributed by atoms with Crippen molar-refractivity contribution in [2.75, 3.05) is 0 Å². The molecule has 4 nitrogen and oxygen atoms in total. The van der Waals surface area contributed by atoms with Gasteiger partial charge in [0.25, 0.3) is 0 Å². The molecule has 2 aromatic heterocycles. The van der Waals surface area contributed by atoms with E-state index < -0.39 is 0 Å². The Labute approximate surface area is 290 Å². The van der Waals surface area contributed by atoms with Crippen molar-refractivity contribution >= 4 is 21.8 Å². The van der Waals surface area contributed by atoms with Crippen LogP contribution in [0.15, 0.2) is 176 Å². The van der Waals surface area contributed by atoms with Crippen LogP contribution in [0.1, 0.15) is 22.6 Å². The Hall–Kier alpha value is -6.65. The SMILES string of the molecule is c1ccc(-c2nc(-c3ccc(C4c5ccccc5-c5ccccc54)cc3)nc(-c3ccc(-n4c5ccccc5c5ccccc54)cc3)n2)cc1. The van der Waals surface area contributed by atoms with Crippen molar-refractivity contribution in [2.24, 2.45) is 0 Å². The number of nitrogens with zero attached hydrogens (tertiary/aromatic N) is 4. The summed E-state index contributed by atoms with van der Waals surface area (Å²) in [5.74, 6) is 2.14. The highest BCUT2D eigenvalue weighted by atomic mass is 15.0. The molecule has 2 heterocycles. The van der Waals surface area contributed by atoms with Gasteiger partial charge in [0.1, 0.15) is 0 Å². The summed E-state index contributed by atoms with van der Waals surface area (Å²) < 4.78 is 2.32. The summed E-state index contributed by atoms with van der Waals surface area (Å²) in [6.45, 7) is 0. The molecule has 0 fully saturated rings. The maximum Gasteiger partial charge on any atom is 0.164 e. The first-order valence-corrected chi connectivity index (χ1v) is 17.0. The fourth-order valence-electron chi connectivity index (χ4n) is 7.65. The lowest BCUT2D eigenvalue weighted by molar-refractivity contribution is 1.01. The molecule has 0 aliphatic heterocycles. The van der Waals surface area contributed by atoms with Gasteiger partial charge in [0.15, 0.2) is 17.5 Å². The van der Waals surface area contributed by atoms with E-state index in [1.165, 1.54) is 49.6 Å². The minimum absolute atomic E-state index is 0.193. The Balaban J connectivity index is 1.05. The molecular weight excluding hydrogens is 609 g/mol. The van der Waals surface area contributed by atoms with E-state index in [4.69, 9.17) is 15.0 Å². The van der Waals surface area contributed by atoms with Gasteiger partial charge in [-0.1, -0.05) is 140 Å². The highest BCUT2D eigenvalue weighted by Crippen LogP contribution is 2.48. The van der Waals surface area contributed by atoms with Crippen LogP contribution in [-0.4, -0.2) is 19.5 Å². The fourth-order valence-corrected chi connectivity index (χ4v) is 7.65. The quantitative estimate of drug-likeness (QED) is 0.188. The Morgan fingerprint density at radius 3 is 1.32 bits per heavy atom. The lowest BCUT2D eigenvalue weighted by Gasteiger charge is -2.15. The highest BCUT2D eigenvalue weighted by molar-refractivity contribution is 6.09. The van der Waals surface area contributed by atoms with Crippen molar-refractivity contribution in [3.8, 4) is 51.0 Å². The second kappa shape index (κ2) is 11.5. The van der Waals surface area contributed by atoms with Crippen LogP contribution >= 0.6 is 0 Å². The predicted octanol–water partition coefficient (Wildman–Crippen LogP) is 11.1. The molecule has 4 heteroatoms. The van der Waals surface area contributed by atoms with Gasteiger partial charge in [0.05, 0.1) is 11.0 Å². The van der Waals surface area contributed by atoms with Crippen molar-refractivity contribution in [1.29, 1.82) is 0 Å². The van der Waals surface area contributed by atoms with Crippen molar-refractivity contribution in [3.05, 3.63) is 193 Å². The van der Waals surface area contributed by atoms with Gasteiger partial charge in [-0.05, 0) is 64.2 Å². The molecule has 1 aliphatic rings. The number of para-hydroxylation sites is 2. The standard InChI is InChI=1S/C46H30N4/c1-2-12-31(13-3-1)44-47-45(32-24-22-30(23-25-32)43-39-18-6-4-14-35(39)36-15-5-7-19-40(36)43)49-46(48-44)33-26-28-34(29-27-33)50-41-20-10-8-16-37(41)38-17-9-11-21-42(38)50/h1-29,43H. The zero-order valence-corrected chi connectivity index (χ0v) is 27.1. The van der Waals surface area contributed by atoms with E-state index in [-0.39, 0.29) is 5.92 Å². The lowest BCUT2D eigenvalue weighted by Crippen LogP contribution is -2.02. The maximum atomic E-state index is 5.06. The molecule has 0 amide bonds. The number of rotatable bonds is 5. The van der Waals surface area contributed by atoms with Crippen molar-refractivity contribution in [3.63, 3.8) is 0 Å². The summed E-state index contributed by atoms with van der Waals surface area (Å²) in [5.41, 5.74) is 12.9. The van der Waals surface area contributed by atoms with E-state index in [0.717, 1.165) is 22.4 Å². The molecule has 0 radical (unpaired) electrons. The number of fused-ring (bicyclic) bond motifs is 6. The van der Waals surface area contributed by atoms with Crippen LogP contribution in [0, 0.1) is 0 Å². The van der Waals surface area contributed by atoms with Gasteiger partial charge in [0, 0.05) is 39.1 Å². The molecule has 10 rings (SSSR count). The first kappa shape index (κ1) is 28.4. The second-order valence-electron chi connectivity index (χ2n) is 12.8. The third-order valence-corrected chi connectivity index (χ3v) is 9.97. The van der Waals surface area contributed by atoms with Gasteiger partial charge < -0.3 is 4.57 Å². The monoisotopic (exact) mass is 638 g/mol. The average molecular weight is 639 g/mol. The molecular formula is C46H30N4. The Bertz CT molecular complexity index is 2590. The van der Waals surface area contributed by atoms with Crippen LogP contribution in [0.3, 0.4) is 0 Å². The van der Waals surface area contributed by atoms with E-state index >= 15 is 0 Å². The minimum Gasteiger partial charge on any atom is -0.309 e. The van der Waals surface area contributed by atoms with Crippen LogP contribution in [0.2, 0.25) is 0 Å². The molecule has 0 spiro atoms. The lowest BCUT2D eigenvalue weighted by atomic mass is 9.89. The Kier molecular flexibility index (Phi) is 6.53. The smallest absolute Gasteiger partial charge is 0.164 e. The summed E-state index contributed by atoms with van der Waals surface area (Å²) in [5, 5.41) is 2.49. The number of aromatic nitrogens is 4. The van der Waals surface area contributed by atoms with Gasteiger partial charge >= 0.3 is 0 Å². The van der Waals surface area contributed by atoms with Gasteiger partial charge in [-0.15, -0.1) is 0 Å². The summed E-state index contributed by atoms with van der Waals surface area (Å²) in [7, 11) is 0. The topological polar surface area (TPSA) is 43.6 Å². The molecule has 0 atom stereocenters. The predicted molar refractivity (Wildman–Crippen MR) is 203 cm³/mol. The molecule has 1 aliphatic carbocycles. The van der Waals surface area contributed by atoms with Gasteiger partial charge in [-0.25, -0.2) is 15.0 Å². The van der Waals surface area contributed by atoms with E-state index in [1.807, 2.05) is 30.3 Å². The first-order chi connectivity index (χ1) is 24.8. The minimum atomic E-state index is 0.193. The van der Waals surface area contributed by atoms with E-state index in [9.17, 15) is 0 Å². The molecule has 0 unspecified atom stereocenters. The van der Waals surface area contributed by atoms with E-state index in [2.05, 4.69) is 150 Å². The van der Waals surface area contributed by atoms with Gasteiger partial charge in [-0.2, -0.15) is 0 Å². The Morgan fingerprint density at radius 2 is 0.780 bits per heavy atom. The van der Waals surface area contributed by atoms with Crippen LogP contribution in [-0.2, 0) is 0 Å². The van der Waals surface area contributed by atoms with Crippen LogP contribution in [0.4, 0.5) is 0 Å². The maximum absolute atomic E-state index is 5.06. The molecule has 234 valence electrons. The van der Waals surface area contributed by atoms with Crippen LogP contribution in [0.5, 0.6) is 0 Å². The molecule has 0 bridgehead atoms. The second-order valence-corrected chi connectivity index (χ2v) is 12.8. The molecule has 7 aromatic carbocycles. The van der Waals surface area contributed by atoms with E-state index in [0.29, 0.717) is 17.5 Å². The van der Waals surface area contributed by atoms with Gasteiger partial charge in [0.2, 0.25) is 0 Å². The Morgan fingerprint density at radius 1 is 0.360 bits per heavy atom. The molecule has 50 heavy (non-hydrogen) atoms. The normalized spacial score (nSPS) is 12.3. The summed E-state index contributed by atoms with van der Waals surface area (Å²) in [6.07, 6.45) is 0. The summed E-state index contributed by atoms with van der Waals surface area (Å²) in [4.78, 5) is 15.1. The van der Waals surface area contributed by atoms with Gasteiger partial charge in [-0.3, -0.25) is 0 Å². The summed E-state index contributed by atoms with van der Waals surface area (Å²) >= 11 is 0. The van der Waals surface area contributed by atoms with Crippen LogP contribution in [0.25, 0.3) is 72.8 Å². The van der Waals surface area contributed by atoms with E-state index in [1.54, 1.807) is 0 Å². The number of hydrogen-bond donors (Lipinski definition) is 0. The molecule has 0 saturated heterocycles. The van der Waals surface area contributed by atoms with Crippen molar-refractivity contribution < 1.29 is 0 Å². The third kappa shape index (κ3) is 4.57. The summed E-state index contributed by atoms with van der Waals surface area (Å²) in [6, 6.07) is 62.1. The number of hydrogen-bond acceptors (Lipinski definition) is 3. The van der Waals surface area contributed by atoms with Crippen molar-refractivity contribution in [1.82, 2.24) is 19.5 Å². The highest BCUT2D eigenvalue weighted by Gasteiger charge is 2.29. The zero-order chi connectivity index (χ0) is 33.0. The largest absolute Gasteiger partial charge is 0.309 e. The first-order valence-electron chi connectivity index (χ1n) is 17.0. The average Bonchev–Trinajstić information content (AvgIpc) is 3.71. The van der Waals surface area contributed by atoms with Crippen LogP contribution < -0.4 is 0 Å². The number of benzene rings is 7. The molecule has 0 saturated carbocycles. The third-order valence-electron chi connectivity index (χ3n) is 9.97. The molecule has 9 aromatic rings. The van der Waals surface area contributed by atoms with Crippen molar-refractivity contribution in [2.45, 2.75) is 5.92 Å². The zero-order valence-electron chi connectivity index (χ0n) is 27.1. The fraction of sp³-hybridized carbons (Fsp3) is 0.0217. The molecule has 0 N–H and O–H groups in total.